The Morgan fingerprint density at radius 1 is 1.62 bits per heavy atom. The van der Waals surface area contributed by atoms with E-state index in [4.69, 9.17) is 4.74 Å². The number of rotatable bonds is 4. The third-order valence-electron chi connectivity index (χ3n) is 2.99. The summed E-state index contributed by atoms with van der Waals surface area (Å²) < 4.78 is 5.30. The molecule has 1 aromatic heterocycles. The Morgan fingerprint density at radius 2 is 2.50 bits per heavy atom. The van der Waals surface area contributed by atoms with Crippen molar-refractivity contribution in [3.8, 4) is 0 Å². The van der Waals surface area contributed by atoms with Crippen molar-refractivity contribution in [1.29, 1.82) is 0 Å². The number of ether oxygens (including phenoxy) is 1. The van der Waals surface area contributed by atoms with Gasteiger partial charge in [0.15, 0.2) is 0 Å². The molecule has 1 aliphatic heterocycles. The molecular formula is C12H17NO2S. The normalized spacial score (nSPS) is 24.6. The molecule has 0 saturated carbocycles. The van der Waals surface area contributed by atoms with Crippen molar-refractivity contribution >= 4 is 17.3 Å². The van der Waals surface area contributed by atoms with E-state index in [-0.39, 0.29) is 11.9 Å². The fourth-order valence-corrected chi connectivity index (χ4v) is 2.63. The zero-order valence-electron chi connectivity index (χ0n) is 9.44. The molecule has 0 spiro atoms. The van der Waals surface area contributed by atoms with E-state index in [2.05, 4.69) is 18.3 Å². The van der Waals surface area contributed by atoms with E-state index >= 15 is 0 Å². The van der Waals surface area contributed by atoms with Gasteiger partial charge in [-0.05, 0) is 23.9 Å². The van der Waals surface area contributed by atoms with Crippen LogP contribution in [-0.2, 0) is 16.0 Å². The summed E-state index contributed by atoms with van der Waals surface area (Å²) in [7, 11) is 0. The molecule has 4 heteroatoms. The van der Waals surface area contributed by atoms with Gasteiger partial charge in [0.05, 0.1) is 12.5 Å². The van der Waals surface area contributed by atoms with Crippen LogP contribution in [0.4, 0.5) is 0 Å². The van der Waals surface area contributed by atoms with E-state index in [1.807, 2.05) is 11.4 Å². The third kappa shape index (κ3) is 2.83. The highest BCUT2D eigenvalue weighted by atomic mass is 32.1. The second-order valence-electron chi connectivity index (χ2n) is 4.24. The lowest BCUT2D eigenvalue weighted by Gasteiger charge is -2.12. The molecule has 2 rings (SSSR count). The first kappa shape index (κ1) is 11.6. The Labute approximate surface area is 99.8 Å². The van der Waals surface area contributed by atoms with E-state index in [1.54, 1.807) is 11.3 Å². The van der Waals surface area contributed by atoms with E-state index in [0.29, 0.717) is 12.5 Å². The van der Waals surface area contributed by atoms with Crippen molar-refractivity contribution in [2.75, 3.05) is 19.7 Å². The Morgan fingerprint density at radius 3 is 3.12 bits per heavy atom. The first-order chi connectivity index (χ1) is 7.77. The van der Waals surface area contributed by atoms with Crippen LogP contribution in [0.3, 0.4) is 0 Å². The molecule has 0 aliphatic carbocycles. The molecule has 3 nitrogen and oxygen atoms in total. The Kier molecular flexibility index (Phi) is 3.96. The Hall–Kier alpha value is -0.870. The number of thiophene rings is 1. The van der Waals surface area contributed by atoms with Crippen LogP contribution in [0.15, 0.2) is 17.5 Å². The number of nitrogens with one attached hydrogen (secondary N) is 1. The molecule has 1 N–H and O–H groups in total. The first-order valence-corrected chi connectivity index (χ1v) is 6.55. The van der Waals surface area contributed by atoms with E-state index < -0.39 is 0 Å². The maximum atomic E-state index is 11.7. The van der Waals surface area contributed by atoms with Crippen LogP contribution in [0.2, 0.25) is 0 Å². The number of hydrogen-bond acceptors (Lipinski definition) is 4. The monoisotopic (exact) mass is 239 g/mol. The topological polar surface area (TPSA) is 38.3 Å². The van der Waals surface area contributed by atoms with Crippen LogP contribution in [0, 0.1) is 11.8 Å². The van der Waals surface area contributed by atoms with Crippen LogP contribution in [0.1, 0.15) is 11.8 Å². The quantitative estimate of drug-likeness (QED) is 0.813. The fourth-order valence-electron chi connectivity index (χ4n) is 1.94. The highest BCUT2D eigenvalue weighted by Crippen LogP contribution is 2.17. The molecule has 1 fully saturated rings. The van der Waals surface area contributed by atoms with Crippen molar-refractivity contribution in [2.24, 2.45) is 11.8 Å². The van der Waals surface area contributed by atoms with Gasteiger partial charge in [0.2, 0.25) is 0 Å². The molecular weight excluding hydrogens is 222 g/mol. The van der Waals surface area contributed by atoms with Gasteiger partial charge in [0, 0.05) is 17.8 Å². The average molecular weight is 239 g/mol. The second kappa shape index (κ2) is 5.46. The summed E-state index contributed by atoms with van der Waals surface area (Å²) in [5.74, 6) is 0.395. The van der Waals surface area contributed by atoms with Gasteiger partial charge in [-0.3, -0.25) is 4.79 Å². The summed E-state index contributed by atoms with van der Waals surface area (Å²) in [4.78, 5) is 13.0. The highest BCUT2D eigenvalue weighted by molar-refractivity contribution is 7.09. The molecule has 16 heavy (non-hydrogen) atoms. The van der Waals surface area contributed by atoms with Gasteiger partial charge in [-0.2, -0.15) is 0 Å². The predicted octanol–water partition coefficient (Wildman–Crippen LogP) is 1.69. The molecule has 0 unspecified atom stereocenters. The maximum Gasteiger partial charge on any atom is 0.310 e. The van der Waals surface area contributed by atoms with Crippen molar-refractivity contribution < 1.29 is 9.53 Å². The van der Waals surface area contributed by atoms with Gasteiger partial charge >= 0.3 is 5.97 Å². The van der Waals surface area contributed by atoms with E-state index in [9.17, 15) is 4.79 Å². The fraction of sp³-hybridized carbons (Fsp3) is 0.583. The third-order valence-corrected chi connectivity index (χ3v) is 3.93. The SMILES string of the molecule is C[C@@H]1CNC[C@H]1C(=O)OCCc1cccs1. The largest absolute Gasteiger partial charge is 0.465 e. The molecule has 88 valence electrons. The second-order valence-corrected chi connectivity index (χ2v) is 5.27. The summed E-state index contributed by atoms with van der Waals surface area (Å²) in [5, 5.41) is 5.25. The lowest BCUT2D eigenvalue weighted by Crippen LogP contribution is -2.24. The predicted molar refractivity (Wildman–Crippen MR) is 64.5 cm³/mol. The van der Waals surface area contributed by atoms with Crippen LogP contribution in [-0.4, -0.2) is 25.7 Å². The first-order valence-electron chi connectivity index (χ1n) is 5.67. The highest BCUT2D eigenvalue weighted by Gasteiger charge is 2.30. The van der Waals surface area contributed by atoms with Gasteiger partial charge in [-0.25, -0.2) is 0 Å². The minimum absolute atomic E-state index is 0.0448. The summed E-state index contributed by atoms with van der Waals surface area (Å²) in [6.07, 6.45) is 0.831. The average Bonchev–Trinajstić information content (AvgIpc) is 2.88. The van der Waals surface area contributed by atoms with E-state index in [0.717, 1.165) is 19.5 Å². The maximum absolute atomic E-state index is 11.7. The lowest BCUT2D eigenvalue weighted by atomic mass is 9.99. The van der Waals surface area contributed by atoms with E-state index in [1.165, 1.54) is 4.88 Å². The minimum Gasteiger partial charge on any atom is -0.465 e. The van der Waals surface area contributed by atoms with Crippen LogP contribution in [0.25, 0.3) is 0 Å². The van der Waals surface area contributed by atoms with Gasteiger partial charge < -0.3 is 10.1 Å². The molecule has 1 aromatic rings. The summed E-state index contributed by atoms with van der Waals surface area (Å²) in [6.45, 7) is 4.28. The van der Waals surface area contributed by atoms with Crippen molar-refractivity contribution in [1.82, 2.24) is 5.32 Å². The molecule has 1 aliphatic rings. The van der Waals surface area contributed by atoms with Gasteiger partial charge in [0.25, 0.3) is 0 Å². The van der Waals surface area contributed by atoms with Crippen LogP contribution in [0.5, 0.6) is 0 Å². The molecule has 1 saturated heterocycles. The van der Waals surface area contributed by atoms with Crippen LogP contribution >= 0.6 is 11.3 Å². The zero-order valence-corrected chi connectivity index (χ0v) is 10.3. The number of carbonyl (C=O) groups is 1. The van der Waals surface area contributed by atoms with Crippen molar-refractivity contribution in [2.45, 2.75) is 13.3 Å². The van der Waals surface area contributed by atoms with Crippen molar-refractivity contribution in [3.05, 3.63) is 22.4 Å². The van der Waals surface area contributed by atoms with Gasteiger partial charge in [-0.15, -0.1) is 11.3 Å². The zero-order chi connectivity index (χ0) is 11.4. The van der Waals surface area contributed by atoms with Gasteiger partial charge in [0.1, 0.15) is 0 Å². The standard InChI is InChI=1S/C12H17NO2S/c1-9-7-13-8-11(9)12(14)15-5-4-10-3-2-6-16-10/h2-3,6,9,11,13H,4-5,7-8H2,1H3/t9-,11-/m1/s1. The number of hydrogen-bond donors (Lipinski definition) is 1. The smallest absolute Gasteiger partial charge is 0.310 e. The molecule has 2 atom stereocenters. The molecule has 0 amide bonds. The summed E-state index contributed by atoms with van der Waals surface area (Å²) >= 11 is 1.70. The molecule has 0 aromatic carbocycles. The summed E-state index contributed by atoms with van der Waals surface area (Å²) in [6, 6.07) is 4.09. The molecule has 0 radical (unpaired) electrons. The Balaban J connectivity index is 1.71. The Bertz CT molecular complexity index is 337. The van der Waals surface area contributed by atoms with Gasteiger partial charge in [-0.1, -0.05) is 13.0 Å². The summed E-state index contributed by atoms with van der Waals surface area (Å²) in [5.41, 5.74) is 0. The molecule has 2 heterocycles. The van der Waals surface area contributed by atoms with Crippen LogP contribution < -0.4 is 5.32 Å². The number of esters is 1. The van der Waals surface area contributed by atoms with Crippen molar-refractivity contribution in [3.63, 3.8) is 0 Å². The lowest BCUT2D eigenvalue weighted by molar-refractivity contribution is -0.148. The minimum atomic E-state index is -0.0472. The molecule has 0 bridgehead atoms. The number of carbonyl (C=O) groups excluding carboxylic acids is 1.